The molecule has 1 aliphatic heterocycles. The van der Waals surface area contributed by atoms with Gasteiger partial charge in [-0.3, -0.25) is 4.79 Å². The molecule has 1 N–H and O–H groups in total. The number of nitrogens with one attached hydrogen (secondary N) is 1. The molecule has 1 aliphatic rings. The van der Waals surface area contributed by atoms with Gasteiger partial charge in [0.15, 0.2) is 0 Å². The third kappa shape index (κ3) is 3.99. The lowest BCUT2D eigenvalue weighted by atomic mass is 9.85. The molecule has 1 aromatic rings. The van der Waals surface area contributed by atoms with Crippen molar-refractivity contribution in [3.8, 4) is 0 Å². The highest BCUT2D eigenvalue weighted by Crippen LogP contribution is 2.30. The third-order valence-electron chi connectivity index (χ3n) is 4.47. The molecule has 0 saturated carbocycles. The Balaban J connectivity index is 2.12. The lowest BCUT2D eigenvalue weighted by Gasteiger charge is -2.24. The Hall–Kier alpha value is -1.51. The van der Waals surface area contributed by atoms with Crippen LogP contribution >= 0.6 is 0 Å². The SMILES string of the molecule is CCNc1ccc(C(=O)N2CCCC(C)(C)CC2)c(C)c1. The molecule has 2 rings (SSSR count). The lowest BCUT2D eigenvalue weighted by Crippen LogP contribution is -2.32. The van der Waals surface area contributed by atoms with Gasteiger partial charge in [-0.15, -0.1) is 0 Å². The molecular weight excluding hydrogens is 260 g/mol. The number of rotatable bonds is 3. The predicted molar refractivity (Wildman–Crippen MR) is 88.9 cm³/mol. The number of benzene rings is 1. The maximum Gasteiger partial charge on any atom is 0.254 e. The topological polar surface area (TPSA) is 32.3 Å². The number of amides is 1. The van der Waals surface area contributed by atoms with Crippen molar-refractivity contribution < 1.29 is 4.79 Å². The summed E-state index contributed by atoms with van der Waals surface area (Å²) in [6.45, 7) is 11.4. The van der Waals surface area contributed by atoms with Crippen LogP contribution in [-0.4, -0.2) is 30.4 Å². The first-order valence-electron chi connectivity index (χ1n) is 8.07. The smallest absolute Gasteiger partial charge is 0.254 e. The van der Waals surface area contributed by atoms with Crippen molar-refractivity contribution in [2.75, 3.05) is 25.0 Å². The Labute approximate surface area is 128 Å². The van der Waals surface area contributed by atoms with E-state index < -0.39 is 0 Å². The Bertz CT molecular complexity index is 508. The Morgan fingerprint density at radius 1 is 1.29 bits per heavy atom. The molecule has 3 heteroatoms. The second-order valence-electron chi connectivity index (χ2n) is 6.87. The van der Waals surface area contributed by atoms with Crippen molar-refractivity contribution in [3.63, 3.8) is 0 Å². The third-order valence-corrected chi connectivity index (χ3v) is 4.47. The normalized spacial score (nSPS) is 18.2. The molecule has 0 bridgehead atoms. The fourth-order valence-corrected chi connectivity index (χ4v) is 3.01. The van der Waals surface area contributed by atoms with E-state index in [1.165, 1.54) is 6.42 Å². The number of hydrogen-bond acceptors (Lipinski definition) is 2. The molecular formula is C18H28N2O. The van der Waals surface area contributed by atoms with E-state index in [1.807, 2.05) is 24.0 Å². The minimum Gasteiger partial charge on any atom is -0.385 e. The van der Waals surface area contributed by atoms with Crippen LogP contribution in [0.4, 0.5) is 5.69 Å². The maximum absolute atomic E-state index is 12.8. The molecule has 1 amide bonds. The first kappa shape index (κ1) is 15.9. The van der Waals surface area contributed by atoms with Crippen molar-refractivity contribution in [3.05, 3.63) is 29.3 Å². The zero-order valence-corrected chi connectivity index (χ0v) is 13.8. The molecule has 0 spiro atoms. The largest absolute Gasteiger partial charge is 0.385 e. The lowest BCUT2D eigenvalue weighted by molar-refractivity contribution is 0.0756. The van der Waals surface area contributed by atoms with Gasteiger partial charge in [0.2, 0.25) is 0 Å². The first-order valence-corrected chi connectivity index (χ1v) is 8.07. The van der Waals surface area contributed by atoms with Gasteiger partial charge in [-0.25, -0.2) is 0 Å². The van der Waals surface area contributed by atoms with Crippen LogP contribution in [-0.2, 0) is 0 Å². The highest BCUT2D eigenvalue weighted by atomic mass is 16.2. The molecule has 1 heterocycles. The van der Waals surface area contributed by atoms with Gasteiger partial charge < -0.3 is 10.2 Å². The van der Waals surface area contributed by atoms with Crippen LogP contribution in [0.1, 0.15) is 56.0 Å². The van der Waals surface area contributed by atoms with Crippen molar-refractivity contribution in [1.82, 2.24) is 4.90 Å². The van der Waals surface area contributed by atoms with E-state index in [0.29, 0.717) is 5.41 Å². The van der Waals surface area contributed by atoms with Crippen LogP contribution in [0.2, 0.25) is 0 Å². The van der Waals surface area contributed by atoms with Crippen molar-refractivity contribution >= 4 is 11.6 Å². The number of nitrogens with zero attached hydrogens (tertiary/aromatic N) is 1. The standard InChI is InChI=1S/C18H28N2O/c1-5-19-15-7-8-16(14(2)13-15)17(21)20-11-6-9-18(3,4)10-12-20/h7-8,13,19H,5-6,9-12H2,1-4H3. The minimum atomic E-state index is 0.188. The monoisotopic (exact) mass is 288 g/mol. The van der Waals surface area contributed by atoms with Gasteiger partial charge in [0.05, 0.1) is 0 Å². The summed E-state index contributed by atoms with van der Waals surface area (Å²) in [7, 11) is 0. The van der Waals surface area contributed by atoms with E-state index in [9.17, 15) is 4.79 Å². The van der Waals surface area contributed by atoms with Gasteiger partial charge >= 0.3 is 0 Å². The van der Waals surface area contributed by atoms with Gasteiger partial charge in [0, 0.05) is 30.9 Å². The number of carbonyl (C=O) groups excluding carboxylic acids is 1. The van der Waals surface area contributed by atoms with Crippen LogP contribution in [0.3, 0.4) is 0 Å². The van der Waals surface area contributed by atoms with E-state index in [4.69, 9.17) is 0 Å². The average Bonchev–Trinajstić information content (AvgIpc) is 2.60. The van der Waals surface area contributed by atoms with Gasteiger partial charge in [-0.2, -0.15) is 0 Å². The number of likely N-dealkylation sites (tertiary alicyclic amines) is 1. The number of hydrogen-bond donors (Lipinski definition) is 1. The number of carbonyl (C=O) groups is 1. The van der Waals surface area contributed by atoms with E-state index in [0.717, 1.165) is 49.3 Å². The minimum absolute atomic E-state index is 0.188. The molecule has 1 saturated heterocycles. The summed E-state index contributed by atoms with van der Waals surface area (Å²) in [6.07, 6.45) is 3.40. The Morgan fingerprint density at radius 2 is 2.05 bits per heavy atom. The van der Waals surface area contributed by atoms with Crippen LogP contribution in [0, 0.1) is 12.3 Å². The van der Waals surface area contributed by atoms with Gasteiger partial charge in [-0.1, -0.05) is 13.8 Å². The average molecular weight is 288 g/mol. The molecule has 0 radical (unpaired) electrons. The predicted octanol–water partition coefficient (Wildman–Crippen LogP) is 4.08. The molecule has 21 heavy (non-hydrogen) atoms. The summed E-state index contributed by atoms with van der Waals surface area (Å²) in [5.74, 6) is 0.188. The van der Waals surface area contributed by atoms with E-state index in [-0.39, 0.29) is 5.91 Å². The first-order chi connectivity index (χ1) is 9.93. The van der Waals surface area contributed by atoms with Crippen LogP contribution in [0.25, 0.3) is 0 Å². The van der Waals surface area contributed by atoms with Crippen LogP contribution in [0.5, 0.6) is 0 Å². The van der Waals surface area contributed by atoms with Gasteiger partial charge in [0.1, 0.15) is 0 Å². The van der Waals surface area contributed by atoms with Crippen molar-refractivity contribution in [2.45, 2.75) is 47.0 Å². The highest BCUT2D eigenvalue weighted by molar-refractivity contribution is 5.96. The molecule has 3 nitrogen and oxygen atoms in total. The molecule has 1 fully saturated rings. The van der Waals surface area contributed by atoms with Crippen LogP contribution < -0.4 is 5.32 Å². The molecule has 0 aliphatic carbocycles. The fourth-order valence-electron chi connectivity index (χ4n) is 3.01. The Kier molecular flexibility index (Phi) is 4.92. The molecule has 0 aromatic heterocycles. The van der Waals surface area contributed by atoms with Gasteiger partial charge in [-0.05, 0) is 62.3 Å². The molecule has 1 aromatic carbocycles. The van der Waals surface area contributed by atoms with E-state index in [1.54, 1.807) is 0 Å². The zero-order chi connectivity index (χ0) is 15.5. The quantitative estimate of drug-likeness (QED) is 0.909. The summed E-state index contributed by atoms with van der Waals surface area (Å²) in [4.78, 5) is 14.8. The van der Waals surface area contributed by atoms with E-state index in [2.05, 4.69) is 32.2 Å². The summed E-state index contributed by atoms with van der Waals surface area (Å²) in [5, 5.41) is 3.29. The molecule has 0 atom stereocenters. The zero-order valence-electron chi connectivity index (χ0n) is 13.8. The maximum atomic E-state index is 12.8. The molecule has 116 valence electrons. The van der Waals surface area contributed by atoms with Crippen molar-refractivity contribution in [1.29, 1.82) is 0 Å². The summed E-state index contributed by atoms with van der Waals surface area (Å²) in [5.41, 5.74) is 3.35. The van der Waals surface area contributed by atoms with Crippen LogP contribution in [0.15, 0.2) is 18.2 Å². The van der Waals surface area contributed by atoms with E-state index >= 15 is 0 Å². The van der Waals surface area contributed by atoms with Gasteiger partial charge in [0.25, 0.3) is 5.91 Å². The van der Waals surface area contributed by atoms with Crippen molar-refractivity contribution in [2.24, 2.45) is 5.41 Å². The number of aryl methyl sites for hydroxylation is 1. The highest BCUT2D eigenvalue weighted by Gasteiger charge is 2.26. The molecule has 0 unspecified atom stereocenters. The second-order valence-corrected chi connectivity index (χ2v) is 6.87. The Morgan fingerprint density at radius 3 is 2.71 bits per heavy atom. The fraction of sp³-hybridized carbons (Fsp3) is 0.611. The summed E-state index contributed by atoms with van der Waals surface area (Å²) < 4.78 is 0. The summed E-state index contributed by atoms with van der Waals surface area (Å²) in [6, 6.07) is 6.04. The summed E-state index contributed by atoms with van der Waals surface area (Å²) >= 11 is 0. The number of anilines is 1. The second kappa shape index (κ2) is 6.50.